The van der Waals surface area contributed by atoms with Crippen LogP contribution in [0.4, 0.5) is 4.39 Å². The van der Waals surface area contributed by atoms with Crippen molar-refractivity contribution in [3.8, 4) is 5.75 Å². The molecule has 0 radical (unpaired) electrons. The fourth-order valence-corrected chi connectivity index (χ4v) is 4.44. The van der Waals surface area contributed by atoms with Crippen LogP contribution in [0.1, 0.15) is 32.1 Å². The quantitative estimate of drug-likeness (QED) is 0.853. The summed E-state index contributed by atoms with van der Waals surface area (Å²) >= 11 is 3.26. The first-order chi connectivity index (χ1) is 9.80. The van der Waals surface area contributed by atoms with E-state index < -0.39 is 21.3 Å². The maximum Gasteiger partial charge on any atom is 0.209 e. The fraction of sp³-hybridized carbons (Fsp3) is 0.571. The van der Waals surface area contributed by atoms with Crippen molar-refractivity contribution in [2.75, 3.05) is 12.4 Å². The predicted molar refractivity (Wildman–Crippen MR) is 83.1 cm³/mol. The van der Waals surface area contributed by atoms with E-state index in [4.69, 9.17) is 9.88 Å². The SMILES string of the molecule is NS(=O)(=O)CC1(COc2cc(Br)ccc2F)CCCCC1. The molecule has 118 valence electrons. The molecule has 0 atom stereocenters. The van der Waals surface area contributed by atoms with Gasteiger partial charge < -0.3 is 4.74 Å². The van der Waals surface area contributed by atoms with E-state index in [1.54, 1.807) is 12.1 Å². The number of benzene rings is 1. The molecule has 0 saturated heterocycles. The number of halogens is 2. The topological polar surface area (TPSA) is 69.4 Å². The second kappa shape index (κ2) is 6.62. The Bertz CT molecular complexity index is 600. The van der Waals surface area contributed by atoms with Gasteiger partial charge >= 0.3 is 0 Å². The van der Waals surface area contributed by atoms with Gasteiger partial charge in [-0.05, 0) is 31.0 Å². The van der Waals surface area contributed by atoms with Gasteiger partial charge in [0.05, 0.1) is 12.4 Å². The number of hydrogen-bond acceptors (Lipinski definition) is 3. The largest absolute Gasteiger partial charge is 0.490 e. The van der Waals surface area contributed by atoms with E-state index in [1.165, 1.54) is 6.07 Å². The maximum atomic E-state index is 13.7. The van der Waals surface area contributed by atoms with Crippen LogP contribution in [0.3, 0.4) is 0 Å². The number of rotatable bonds is 5. The van der Waals surface area contributed by atoms with Gasteiger partial charge in [0, 0.05) is 9.89 Å². The van der Waals surface area contributed by atoms with Gasteiger partial charge in [0.2, 0.25) is 10.0 Å². The number of sulfonamides is 1. The highest BCUT2D eigenvalue weighted by atomic mass is 79.9. The Morgan fingerprint density at radius 3 is 2.57 bits per heavy atom. The molecule has 21 heavy (non-hydrogen) atoms. The molecule has 0 spiro atoms. The second-order valence-corrected chi connectivity index (χ2v) is 8.26. The Morgan fingerprint density at radius 1 is 1.29 bits per heavy atom. The molecule has 0 amide bonds. The van der Waals surface area contributed by atoms with Gasteiger partial charge in [-0.2, -0.15) is 0 Å². The lowest BCUT2D eigenvalue weighted by Gasteiger charge is -2.36. The predicted octanol–water partition coefficient (Wildman–Crippen LogP) is 3.21. The van der Waals surface area contributed by atoms with Crippen molar-refractivity contribution < 1.29 is 17.5 Å². The van der Waals surface area contributed by atoms with E-state index in [2.05, 4.69) is 15.9 Å². The van der Waals surface area contributed by atoms with Crippen molar-refractivity contribution in [1.82, 2.24) is 0 Å². The molecule has 1 aromatic carbocycles. The summed E-state index contributed by atoms with van der Waals surface area (Å²) in [5.74, 6) is -0.446. The second-order valence-electron chi connectivity index (χ2n) is 5.73. The Balaban J connectivity index is 2.14. The summed E-state index contributed by atoms with van der Waals surface area (Å²) in [7, 11) is -3.59. The van der Waals surface area contributed by atoms with Crippen LogP contribution in [0, 0.1) is 11.2 Å². The third-order valence-corrected chi connectivity index (χ3v) is 5.36. The van der Waals surface area contributed by atoms with E-state index in [1.807, 2.05) is 0 Å². The van der Waals surface area contributed by atoms with Crippen LogP contribution in [0.15, 0.2) is 22.7 Å². The lowest BCUT2D eigenvalue weighted by Crippen LogP contribution is -2.40. The van der Waals surface area contributed by atoms with Gasteiger partial charge in [0.25, 0.3) is 0 Å². The Labute approximate surface area is 133 Å². The van der Waals surface area contributed by atoms with Crippen LogP contribution < -0.4 is 9.88 Å². The lowest BCUT2D eigenvalue weighted by molar-refractivity contribution is 0.115. The molecular formula is C14H19BrFNO3S. The molecule has 4 nitrogen and oxygen atoms in total. The first-order valence-electron chi connectivity index (χ1n) is 6.88. The Kier molecular flexibility index (Phi) is 5.27. The molecule has 2 N–H and O–H groups in total. The lowest BCUT2D eigenvalue weighted by atomic mass is 9.76. The monoisotopic (exact) mass is 379 g/mol. The van der Waals surface area contributed by atoms with Crippen LogP contribution in [0.2, 0.25) is 0 Å². The summed E-state index contributed by atoms with van der Waals surface area (Å²) in [5, 5.41) is 5.21. The van der Waals surface area contributed by atoms with E-state index in [9.17, 15) is 12.8 Å². The average Bonchev–Trinajstić information content (AvgIpc) is 2.39. The molecule has 2 rings (SSSR count). The minimum Gasteiger partial charge on any atom is -0.490 e. The van der Waals surface area contributed by atoms with Crippen molar-refractivity contribution in [2.24, 2.45) is 10.6 Å². The molecule has 0 aromatic heterocycles. The molecule has 1 aromatic rings. The summed E-state index contributed by atoms with van der Waals surface area (Å²) in [4.78, 5) is 0. The van der Waals surface area contributed by atoms with E-state index in [-0.39, 0.29) is 18.1 Å². The highest BCUT2D eigenvalue weighted by Crippen LogP contribution is 2.38. The zero-order chi connectivity index (χ0) is 15.5. The number of ether oxygens (including phenoxy) is 1. The van der Waals surface area contributed by atoms with Gasteiger partial charge in [-0.25, -0.2) is 17.9 Å². The number of nitrogens with two attached hydrogens (primary N) is 1. The third kappa shape index (κ3) is 4.93. The Hall–Kier alpha value is -0.660. The average molecular weight is 380 g/mol. The number of primary sulfonamides is 1. The van der Waals surface area contributed by atoms with E-state index in [0.29, 0.717) is 4.47 Å². The van der Waals surface area contributed by atoms with Crippen molar-refractivity contribution in [1.29, 1.82) is 0 Å². The molecule has 0 bridgehead atoms. The first kappa shape index (κ1) is 16.7. The minimum absolute atomic E-state index is 0.115. The summed E-state index contributed by atoms with van der Waals surface area (Å²) in [6.45, 7) is 0.163. The van der Waals surface area contributed by atoms with Crippen LogP contribution in [0.5, 0.6) is 5.75 Å². The van der Waals surface area contributed by atoms with Crippen LogP contribution in [0.25, 0.3) is 0 Å². The molecule has 1 saturated carbocycles. The first-order valence-corrected chi connectivity index (χ1v) is 9.39. The van der Waals surface area contributed by atoms with Gasteiger partial charge in [0.1, 0.15) is 0 Å². The standard InChI is InChI=1S/C14H19BrFNO3S/c15-11-4-5-12(16)13(8-11)20-9-14(10-21(17,18)19)6-2-1-3-7-14/h4-5,8H,1-3,6-7,9-10H2,(H2,17,18,19). The van der Waals surface area contributed by atoms with Gasteiger partial charge in [-0.3, -0.25) is 0 Å². The minimum atomic E-state index is -3.59. The van der Waals surface area contributed by atoms with Crippen molar-refractivity contribution >= 4 is 26.0 Å². The molecule has 0 aliphatic heterocycles. The molecule has 0 heterocycles. The smallest absolute Gasteiger partial charge is 0.209 e. The van der Waals surface area contributed by atoms with Crippen molar-refractivity contribution in [3.05, 3.63) is 28.5 Å². The number of hydrogen-bond donors (Lipinski definition) is 1. The Morgan fingerprint density at radius 2 is 1.95 bits per heavy atom. The third-order valence-electron chi connectivity index (χ3n) is 3.85. The fourth-order valence-electron chi connectivity index (χ4n) is 2.88. The van der Waals surface area contributed by atoms with E-state index >= 15 is 0 Å². The van der Waals surface area contributed by atoms with Gasteiger partial charge in [-0.1, -0.05) is 35.2 Å². The maximum absolute atomic E-state index is 13.7. The van der Waals surface area contributed by atoms with Crippen LogP contribution in [-0.2, 0) is 10.0 Å². The van der Waals surface area contributed by atoms with Crippen LogP contribution >= 0.6 is 15.9 Å². The normalized spacial score (nSPS) is 18.4. The zero-order valence-electron chi connectivity index (χ0n) is 11.6. The zero-order valence-corrected chi connectivity index (χ0v) is 14.1. The van der Waals surface area contributed by atoms with Gasteiger partial charge in [-0.15, -0.1) is 0 Å². The van der Waals surface area contributed by atoms with Crippen LogP contribution in [-0.4, -0.2) is 20.8 Å². The highest BCUT2D eigenvalue weighted by molar-refractivity contribution is 9.10. The molecule has 7 heteroatoms. The molecule has 1 aliphatic rings. The molecule has 1 fully saturated rings. The van der Waals surface area contributed by atoms with Crippen molar-refractivity contribution in [2.45, 2.75) is 32.1 Å². The van der Waals surface area contributed by atoms with E-state index in [0.717, 1.165) is 32.1 Å². The molecule has 1 aliphatic carbocycles. The van der Waals surface area contributed by atoms with Gasteiger partial charge in [0.15, 0.2) is 11.6 Å². The summed E-state index contributed by atoms with van der Waals surface area (Å²) in [6.07, 6.45) is 4.44. The summed E-state index contributed by atoms with van der Waals surface area (Å²) < 4.78 is 42.9. The summed E-state index contributed by atoms with van der Waals surface area (Å²) in [5.41, 5.74) is -0.513. The molecule has 0 unspecified atom stereocenters. The van der Waals surface area contributed by atoms with Crippen molar-refractivity contribution in [3.63, 3.8) is 0 Å². The molecular weight excluding hydrogens is 361 g/mol. The summed E-state index contributed by atoms with van der Waals surface area (Å²) in [6, 6.07) is 4.44. The highest BCUT2D eigenvalue weighted by Gasteiger charge is 2.36.